The number of rotatable bonds is 19. The van der Waals surface area contributed by atoms with E-state index < -0.39 is 10.0 Å². The summed E-state index contributed by atoms with van der Waals surface area (Å²) in [7, 11) is -3.85. The van der Waals surface area contributed by atoms with Gasteiger partial charge in [0.25, 0.3) is 0 Å². The summed E-state index contributed by atoms with van der Waals surface area (Å²) in [5, 5.41) is 12.1. The molecule has 0 aliphatic rings. The van der Waals surface area contributed by atoms with Crippen LogP contribution in [0, 0.1) is 0 Å². The van der Waals surface area contributed by atoms with E-state index in [4.69, 9.17) is 11.0 Å². The van der Waals surface area contributed by atoms with Crippen LogP contribution in [0.25, 0.3) is 0 Å². The van der Waals surface area contributed by atoms with Crippen molar-refractivity contribution in [3.05, 3.63) is 23.8 Å². The highest BCUT2D eigenvalue weighted by atomic mass is 32.2. The van der Waals surface area contributed by atoms with Crippen molar-refractivity contribution in [3.8, 4) is 0 Å². The molecule has 6 nitrogen and oxygen atoms in total. The Morgan fingerprint density at radius 3 is 1.61 bits per heavy atom. The monoisotopic (exact) mass is 452 g/mol. The zero-order valence-corrected chi connectivity index (χ0v) is 20.3. The van der Waals surface area contributed by atoms with E-state index in [0.717, 1.165) is 24.8 Å². The number of nitrogens with two attached hydrogens (primary N) is 2. The largest absolute Gasteiger partial charge is 0.305 e. The summed E-state index contributed by atoms with van der Waals surface area (Å²) in [6.07, 6.45) is 22.2. The van der Waals surface area contributed by atoms with Crippen molar-refractivity contribution < 1.29 is 8.42 Å². The van der Waals surface area contributed by atoms with E-state index in [1.807, 2.05) is 6.07 Å². The van der Waals surface area contributed by atoms with Crippen molar-refractivity contribution in [2.75, 3.05) is 0 Å². The molecule has 0 aliphatic heterocycles. The third kappa shape index (κ3) is 13.5. The summed E-state index contributed by atoms with van der Waals surface area (Å²) in [6.45, 7) is 2.27. The quantitative estimate of drug-likeness (QED) is 0.101. The van der Waals surface area contributed by atoms with Gasteiger partial charge in [-0.3, -0.25) is 0 Å². The molecule has 1 aromatic carbocycles. The highest BCUT2D eigenvalue weighted by Crippen LogP contribution is 2.25. The second-order valence-corrected chi connectivity index (χ2v) is 10.1. The first kappa shape index (κ1) is 27.6. The smallest absolute Gasteiger partial charge is 0.240 e. The summed E-state index contributed by atoms with van der Waals surface area (Å²) >= 11 is 0. The molecule has 4 N–H and O–H groups in total. The molecule has 0 saturated heterocycles. The van der Waals surface area contributed by atoms with Gasteiger partial charge in [-0.1, -0.05) is 115 Å². The topological polar surface area (TPSA) is 111 Å². The zero-order valence-electron chi connectivity index (χ0n) is 19.5. The van der Waals surface area contributed by atoms with Gasteiger partial charge in [0.05, 0.1) is 0 Å². The van der Waals surface area contributed by atoms with Gasteiger partial charge in [0.2, 0.25) is 10.0 Å². The maximum atomic E-state index is 11.7. The molecule has 7 heteroatoms. The van der Waals surface area contributed by atoms with Crippen molar-refractivity contribution >= 4 is 15.7 Å². The van der Waals surface area contributed by atoms with Gasteiger partial charge in [0.15, 0.2) is 0 Å². The van der Waals surface area contributed by atoms with Crippen LogP contribution in [0.3, 0.4) is 0 Å². The molecule has 1 aromatic rings. The van der Waals surface area contributed by atoms with E-state index in [1.165, 1.54) is 89.9 Å². The number of hydrogen-bond acceptors (Lipinski definition) is 4. The first-order valence-electron chi connectivity index (χ1n) is 12.3. The number of primary sulfonamides is 1. The standard InChI is InChI=1S/C24H44N4O2S/c1-2-3-4-5-6-7-8-9-10-11-12-13-14-15-16-17-18-22-19-20-23(27-28-25)24(21-22)31(26,29)30/h19-21H,2-18H2,1H3,(H2,25,27)(H2,26,29,30). The van der Waals surface area contributed by atoms with Crippen LogP contribution in [0.4, 0.5) is 5.69 Å². The lowest BCUT2D eigenvalue weighted by atomic mass is 10.0. The number of sulfonamides is 1. The maximum Gasteiger partial charge on any atom is 0.240 e. The highest BCUT2D eigenvalue weighted by Gasteiger charge is 2.14. The van der Waals surface area contributed by atoms with E-state index in [2.05, 4.69) is 17.3 Å². The van der Waals surface area contributed by atoms with Crippen LogP contribution in [0.1, 0.15) is 115 Å². The van der Waals surface area contributed by atoms with Crippen LogP contribution in [0.5, 0.6) is 0 Å². The fourth-order valence-electron chi connectivity index (χ4n) is 3.96. The zero-order chi connectivity index (χ0) is 22.8. The van der Waals surface area contributed by atoms with Crippen LogP contribution in [0.2, 0.25) is 0 Å². The average Bonchev–Trinajstić information content (AvgIpc) is 2.73. The molecule has 0 aromatic heterocycles. The average molecular weight is 453 g/mol. The van der Waals surface area contributed by atoms with Crippen LogP contribution >= 0.6 is 0 Å². The molecule has 31 heavy (non-hydrogen) atoms. The lowest BCUT2D eigenvalue weighted by Crippen LogP contribution is -2.12. The Labute approximate surface area is 190 Å². The molecular weight excluding hydrogens is 408 g/mol. The molecular formula is C24H44N4O2S. The van der Waals surface area contributed by atoms with Crippen molar-refractivity contribution in [2.24, 2.45) is 21.3 Å². The molecule has 178 valence electrons. The molecule has 0 radical (unpaired) electrons. The van der Waals surface area contributed by atoms with Crippen molar-refractivity contribution in [3.63, 3.8) is 0 Å². The molecule has 0 spiro atoms. The fraction of sp³-hybridized carbons (Fsp3) is 0.750. The van der Waals surface area contributed by atoms with Crippen LogP contribution < -0.4 is 11.0 Å². The summed E-state index contributed by atoms with van der Waals surface area (Å²) in [6, 6.07) is 5.06. The third-order valence-electron chi connectivity index (χ3n) is 5.82. The van der Waals surface area contributed by atoms with Gasteiger partial charge >= 0.3 is 0 Å². The Kier molecular flexibility index (Phi) is 15.2. The minimum Gasteiger partial charge on any atom is -0.305 e. The molecule has 0 unspecified atom stereocenters. The Hall–Kier alpha value is -1.47. The van der Waals surface area contributed by atoms with Gasteiger partial charge < -0.3 is 5.84 Å². The molecule has 1 rings (SSSR count). The predicted octanol–water partition coefficient (Wildman–Crippen LogP) is 7.10. The Morgan fingerprint density at radius 2 is 1.19 bits per heavy atom. The normalized spacial score (nSPS) is 12.1. The molecule has 0 atom stereocenters. The van der Waals surface area contributed by atoms with Gasteiger partial charge in [0.1, 0.15) is 10.6 Å². The first-order valence-corrected chi connectivity index (χ1v) is 13.8. The molecule has 0 aliphatic carbocycles. The SMILES string of the molecule is CCCCCCCCCCCCCCCCCCc1ccc(N=NN)c(S(N)(=O)=O)c1. The van der Waals surface area contributed by atoms with Gasteiger partial charge in [-0.05, 0) is 30.5 Å². The Balaban J connectivity index is 2.04. The van der Waals surface area contributed by atoms with E-state index in [-0.39, 0.29) is 10.6 Å². The van der Waals surface area contributed by atoms with E-state index in [9.17, 15) is 8.42 Å². The second kappa shape index (κ2) is 17.1. The summed E-state index contributed by atoms with van der Waals surface area (Å²) in [4.78, 5) is -0.0179. The van der Waals surface area contributed by atoms with E-state index >= 15 is 0 Å². The van der Waals surface area contributed by atoms with Gasteiger partial charge in [-0.15, -0.1) is 5.11 Å². The van der Waals surface area contributed by atoms with Crippen molar-refractivity contribution in [1.29, 1.82) is 0 Å². The third-order valence-corrected chi connectivity index (χ3v) is 6.76. The minimum absolute atomic E-state index is 0.0179. The summed E-state index contributed by atoms with van der Waals surface area (Å²) in [5.41, 5.74) is 1.13. The summed E-state index contributed by atoms with van der Waals surface area (Å²) in [5.74, 6) is 5.04. The van der Waals surface area contributed by atoms with Crippen molar-refractivity contribution in [1.82, 2.24) is 0 Å². The summed E-state index contributed by atoms with van der Waals surface area (Å²) < 4.78 is 23.5. The number of hydrogen-bond donors (Lipinski definition) is 2. The van der Waals surface area contributed by atoms with Gasteiger partial charge in [-0.2, -0.15) is 0 Å². The lowest BCUT2D eigenvalue weighted by molar-refractivity contribution is 0.529. The molecule has 0 bridgehead atoms. The Bertz CT molecular complexity index is 720. The number of benzene rings is 1. The maximum absolute atomic E-state index is 11.7. The first-order chi connectivity index (χ1) is 15.0. The van der Waals surface area contributed by atoms with E-state index in [1.54, 1.807) is 12.1 Å². The minimum atomic E-state index is -3.85. The predicted molar refractivity (Wildman–Crippen MR) is 130 cm³/mol. The Morgan fingerprint density at radius 1 is 0.742 bits per heavy atom. The van der Waals surface area contributed by atoms with Gasteiger partial charge in [0, 0.05) is 0 Å². The number of aryl methyl sites for hydroxylation is 1. The molecule has 0 heterocycles. The van der Waals surface area contributed by atoms with Crippen LogP contribution in [-0.4, -0.2) is 8.42 Å². The van der Waals surface area contributed by atoms with E-state index in [0.29, 0.717) is 0 Å². The number of nitrogens with zero attached hydrogens (tertiary/aromatic N) is 2. The fourth-order valence-corrected chi connectivity index (χ4v) is 4.68. The molecule has 0 amide bonds. The second-order valence-electron chi connectivity index (χ2n) is 8.62. The number of unbranched alkanes of at least 4 members (excludes halogenated alkanes) is 15. The molecule has 0 saturated carbocycles. The van der Waals surface area contributed by atoms with Crippen LogP contribution in [0.15, 0.2) is 33.4 Å². The van der Waals surface area contributed by atoms with Crippen molar-refractivity contribution in [2.45, 2.75) is 121 Å². The lowest BCUT2D eigenvalue weighted by Gasteiger charge is -2.07. The highest BCUT2D eigenvalue weighted by molar-refractivity contribution is 7.89. The molecule has 0 fully saturated rings. The van der Waals surface area contributed by atoms with Gasteiger partial charge in [-0.25, -0.2) is 13.6 Å². The van der Waals surface area contributed by atoms with Crippen LogP contribution in [-0.2, 0) is 16.4 Å².